The van der Waals surface area contributed by atoms with Crippen LogP contribution in [-0.2, 0) is 6.54 Å². The van der Waals surface area contributed by atoms with Crippen LogP contribution < -0.4 is 5.73 Å². The van der Waals surface area contributed by atoms with E-state index < -0.39 is 0 Å². The number of amides is 1. The van der Waals surface area contributed by atoms with Gasteiger partial charge in [-0.25, -0.2) is 0 Å². The molecule has 2 aromatic rings. The maximum absolute atomic E-state index is 12.0. The van der Waals surface area contributed by atoms with Crippen molar-refractivity contribution in [3.63, 3.8) is 0 Å². The van der Waals surface area contributed by atoms with Gasteiger partial charge in [0.25, 0.3) is 5.91 Å². The summed E-state index contributed by atoms with van der Waals surface area (Å²) in [6, 6.07) is 8.60. The van der Waals surface area contributed by atoms with Gasteiger partial charge in [0, 0.05) is 25.2 Å². The molecule has 1 heterocycles. The lowest BCUT2D eigenvalue weighted by Crippen LogP contribution is -2.26. The number of benzene rings is 1. The number of rotatable bonds is 4. The van der Waals surface area contributed by atoms with Crippen LogP contribution in [0.25, 0.3) is 0 Å². The summed E-state index contributed by atoms with van der Waals surface area (Å²) in [6.45, 7) is 0.373. The van der Waals surface area contributed by atoms with E-state index in [2.05, 4.69) is 14.8 Å². The van der Waals surface area contributed by atoms with Crippen molar-refractivity contribution >= 4 is 11.7 Å². The van der Waals surface area contributed by atoms with Gasteiger partial charge in [-0.3, -0.25) is 4.79 Å². The molecule has 7 heteroatoms. The highest BCUT2D eigenvalue weighted by molar-refractivity contribution is 5.97. The Labute approximate surface area is 115 Å². The molecule has 0 saturated carbocycles. The molecular weight excluding hydrogens is 260 g/mol. The minimum atomic E-state index is -0.243. The molecule has 1 amide bonds. The third kappa shape index (κ3) is 2.94. The Morgan fingerprint density at radius 2 is 2.30 bits per heavy atom. The average molecular weight is 274 g/mol. The van der Waals surface area contributed by atoms with Gasteiger partial charge in [-0.2, -0.15) is 0 Å². The summed E-state index contributed by atoms with van der Waals surface area (Å²) in [7, 11) is 1.66. The van der Waals surface area contributed by atoms with E-state index >= 15 is 0 Å². The number of carbonyl (C=O) groups is 1. The highest BCUT2D eigenvalue weighted by atomic mass is 16.5. The lowest BCUT2D eigenvalue weighted by Gasteiger charge is -2.16. The monoisotopic (exact) mass is 274 g/mol. The van der Waals surface area contributed by atoms with E-state index in [-0.39, 0.29) is 17.4 Å². The first-order valence-corrected chi connectivity index (χ1v) is 5.84. The van der Waals surface area contributed by atoms with E-state index in [4.69, 9.17) is 10.9 Å². The molecule has 0 fully saturated rings. The summed E-state index contributed by atoms with van der Waals surface area (Å²) < 4.78 is 4.64. The van der Waals surface area contributed by atoms with Gasteiger partial charge in [-0.15, -0.1) is 0 Å². The highest BCUT2D eigenvalue weighted by Gasteiger charge is 2.15. The molecule has 0 unspecified atom stereocenters. The molecule has 0 bridgehead atoms. The molecule has 0 aliphatic heterocycles. The molecule has 0 saturated heterocycles. The number of aromatic nitrogens is 1. The molecule has 0 aliphatic carbocycles. The number of amidine groups is 1. The van der Waals surface area contributed by atoms with Crippen molar-refractivity contribution in [1.82, 2.24) is 10.1 Å². The van der Waals surface area contributed by atoms with Gasteiger partial charge in [0.05, 0.1) is 0 Å². The first kappa shape index (κ1) is 13.6. The Morgan fingerprint density at radius 3 is 2.95 bits per heavy atom. The predicted octanol–water partition coefficient (Wildman–Crippen LogP) is 1.04. The Hall–Kier alpha value is -2.83. The summed E-state index contributed by atoms with van der Waals surface area (Å²) >= 11 is 0. The van der Waals surface area contributed by atoms with Gasteiger partial charge in [0.1, 0.15) is 6.26 Å². The standard InChI is InChI=1S/C13H14N4O3/c1-17(13(18)11-5-6-20-16-11)8-9-3-2-4-10(7-9)12(14)15-19/h2-7,19H,8H2,1H3,(H2,14,15). The molecule has 0 radical (unpaired) electrons. The molecule has 3 N–H and O–H groups in total. The summed E-state index contributed by atoms with van der Waals surface area (Å²) in [5.41, 5.74) is 7.22. The zero-order valence-electron chi connectivity index (χ0n) is 10.9. The minimum absolute atomic E-state index is 0.0253. The van der Waals surface area contributed by atoms with Crippen molar-refractivity contribution in [3.05, 3.63) is 53.4 Å². The number of carbonyl (C=O) groups excluding carboxylic acids is 1. The Balaban J connectivity index is 2.12. The number of hydrogen-bond donors (Lipinski definition) is 2. The Bertz CT molecular complexity index is 622. The van der Waals surface area contributed by atoms with E-state index in [9.17, 15) is 4.79 Å². The normalized spacial score (nSPS) is 11.3. The van der Waals surface area contributed by atoms with E-state index in [0.717, 1.165) is 5.56 Å². The summed E-state index contributed by atoms with van der Waals surface area (Å²) in [5, 5.41) is 15.2. The summed E-state index contributed by atoms with van der Waals surface area (Å²) in [5.74, 6) is -0.217. The van der Waals surface area contributed by atoms with E-state index in [1.807, 2.05) is 6.07 Å². The van der Waals surface area contributed by atoms with Crippen molar-refractivity contribution in [1.29, 1.82) is 0 Å². The number of nitrogens with two attached hydrogens (primary N) is 1. The van der Waals surface area contributed by atoms with Gasteiger partial charge in [-0.05, 0) is 11.6 Å². The maximum atomic E-state index is 12.0. The number of hydrogen-bond acceptors (Lipinski definition) is 5. The van der Waals surface area contributed by atoms with Crippen LogP contribution in [0.15, 0.2) is 46.3 Å². The fourth-order valence-corrected chi connectivity index (χ4v) is 1.75. The third-order valence-corrected chi connectivity index (χ3v) is 2.75. The molecule has 0 spiro atoms. The van der Waals surface area contributed by atoms with Crippen LogP contribution in [0.2, 0.25) is 0 Å². The molecule has 7 nitrogen and oxygen atoms in total. The molecule has 1 aromatic carbocycles. The predicted molar refractivity (Wildman–Crippen MR) is 71.3 cm³/mol. The van der Waals surface area contributed by atoms with Crippen LogP contribution in [0.1, 0.15) is 21.6 Å². The summed E-state index contributed by atoms with van der Waals surface area (Å²) in [6.07, 6.45) is 1.35. The smallest absolute Gasteiger partial charge is 0.276 e. The SMILES string of the molecule is CN(Cc1cccc(C(N)=NO)c1)C(=O)c1ccon1. The van der Waals surface area contributed by atoms with E-state index in [0.29, 0.717) is 12.1 Å². The second-order valence-corrected chi connectivity index (χ2v) is 4.23. The molecule has 0 aliphatic rings. The van der Waals surface area contributed by atoms with Gasteiger partial charge in [0.15, 0.2) is 11.5 Å². The van der Waals surface area contributed by atoms with E-state index in [1.165, 1.54) is 17.2 Å². The topological polar surface area (TPSA) is 105 Å². The quantitative estimate of drug-likeness (QED) is 0.375. The minimum Gasteiger partial charge on any atom is -0.409 e. The van der Waals surface area contributed by atoms with Gasteiger partial charge >= 0.3 is 0 Å². The van der Waals surface area contributed by atoms with Crippen molar-refractivity contribution in [2.75, 3.05) is 7.05 Å². The van der Waals surface area contributed by atoms with Crippen LogP contribution in [0.4, 0.5) is 0 Å². The van der Waals surface area contributed by atoms with Crippen LogP contribution in [-0.4, -0.2) is 34.1 Å². The molecule has 104 valence electrons. The average Bonchev–Trinajstić information content (AvgIpc) is 3.00. The van der Waals surface area contributed by atoms with Crippen molar-refractivity contribution in [3.8, 4) is 0 Å². The number of oxime groups is 1. The van der Waals surface area contributed by atoms with Crippen LogP contribution >= 0.6 is 0 Å². The highest BCUT2D eigenvalue weighted by Crippen LogP contribution is 2.09. The number of nitrogens with zero attached hydrogens (tertiary/aromatic N) is 3. The van der Waals surface area contributed by atoms with E-state index in [1.54, 1.807) is 25.2 Å². The second kappa shape index (κ2) is 5.87. The van der Waals surface area contributed by atoms with Crippen molar-refractivity contribution in [2.45, 2.75) is 6.54 Å². The Kier molecular flexibility index (Phi) is 3.99. The largest absolute Gasteiger partial charge is 0.409 e. The third-order valence-electron chi connectivity index (χ3n) is 2.75. The van der Waals surface area contributed by atoms with Gasteiger partial charge < -0.3 is 20.4 Å². The lowest BCUT2D eigenvalue weighted by atomic mass is 10.1. The van der Waals surface area contributed by atoms with Gasteiger partial charge in [0.2, 0.25) is 0 Å². The first-order valence-electron chi connectivity index (χ1n) is 5.84. The van der Waals surface area contributed by atoms with Crippen LogP contribution in [0.3, 0.4) is 0 Å². The van der Waals surface area contributed by atoms with Crippen molar-refractivity contribution < 1.29 is 14.5 Å². The van der Waals surface area contributed by atoms with Crippen molar-refractivity contribution in [2.24, 2.45) is 10.9 Å². The zero-order chi connectivity index (χ0) is 14.5. The molecular formula is C13H14N4O3. The fourth-order valence-electron chi connectivity index (χ4n) is 1.75. The molecule has 2 rings (SSSR count). The fraction of sp³-hybridized carbons (Fsp3) is 0.154. The van der Waals surface area contributed by atoms with Crippen LogP contribution in [0, 0.1) is 0 Å². The second-order valence-electron chi connectivity index (χ2n) is 4.23. The summed E-state index contributed by atoms with van der Waals surface area (Å²) in [4.78, 5) is 13.5. The zero-order valence-corrected chi connectivity index (χ0v) is 10.9. The molecule has 0 atom stereocenters. The molecule has 20 heavy (non-hydrogen) atoms. The maximum Gasteiger partial charge on any atom is 0.276 e. The first-order chi connectivity index (χ1) is 9.61. The molecule has 1 aromatic heterocycles. The Morgan fingerprint density at radius 1 is 1.50 bits per heavy atom. The lowest BCUT2D eigenvalue weighted by molar-refractivity contribution is 0.0774. The van der Waals surface area contributed by atoms with Crippen LogP contribution in [0.5, 0.6) is 0 Å². The van der Waals surface area contributed by atoms with Gasteiger partial charge in [-0.1, -0.05) is 28.5 Å².